The van der Waals surface area contributed by atoms with Crippen molar-refractivity contribution in [2.24, 2.45) is 0 Å². The first-order valence-electron chi connectivity index (χ1n) is 6.99. The molecular formula is C14H24ClN3O2S. The number of benzene rings is 1. The smallest absolute Gasteiger partial charge is 0.278 e. The topological polar surface area (TPSA) is 52.7 Å². The quantitative estimate of drug-likeness (QED) is 0.792. The summed E-state index contributed by atoms with van der Waals surface area (Å²) in [7, 11) is -0.442. The fourth-order valence-electron chi connectivity index (χ4n) is 2.16. The molecule has 21 heavy (non-hydrogen) atoms. The standard InChI is InChI=1S/C14H24ClN3O2S/c1-5-18(6-2)14(11-16-21(19,20)17(3)4)12-9-7-8-10-13(12)15/h7-10,14,16H,5-6,11H2,1-4H3. The number of likely N-dealkylation sites (N-methyl/N-ethyl adjacent to an activating group) is 1. The molecule has 7 heteroatoms. The zero-order valence-electron chi connectivity index (χ0n) is 13.0. The molecule has 0 spiro atoms. The maximum Gasteiger partial charge on any atom is 0.278 e. The monoisotopic (exact) mass is 333 g/mol. The highest BCUT2D eigenvalue weighted by Crippen LogP contribution is 2.27. The average molecular weight is 334 g/mol. The molecule has 0 bridgehead atoms. The van der Waals surface area contributed by atoms with Crippen molar-refractivity contribution in [1.29, 1.82) is 0 Å². The van der Waals surface area contributed by atoms with Crippen LogP contribution in [0.5, 0.6) is 0 Å². The molecule has 1 N–H and O–H groups in total. The maximum absolute atomic E-state index is 11.9. The summed E-state index contributed by atoms with van der Waals surface area (Å²) in [5.41, 5.74) is 0.935. The van der Waals surface area contributed by atoms with E-state index in [0.29, 0.717) is 5.02 Å². The second-order valence-electron chi connectivity index (χ2n) is 4.89. The Hall–Kier alpha value is -0.660. The van der Waals surface area contributed by atoms with E-state index in [4.69, 9.17) is 11.6 Å². The Morgan fingerprint density at radius 3 is 2.24 bits per heavy atom. The summed E-state index contributed by atoms with van der Waals surface area (Å²) in [4.78, 5) is 2.18. The van der Waals surface area contributed by atoms with Gasteiger partial charge >= 0.3 is 0 Å². The Morgan fingerprint density at radius 2 is 1.76 bits per heavy atom. The van der Waals surface area contributed by atoms with E-state index in [2.05, 4.69) is 9.62 Å². The largest absolute Gasteiger partial charge is 0.296 e. The van der Waals surface area contributed by atoms with E-state index in [1.165, 1.54) is 18.4 Å². The second kappa shape index (κ2) is 8.10. The van der Waals surface area contributed by atoms with Crippen molar-refractivity contribution in [3.63, 3.8) is 0 Å². The van der Waals surface area contributed by atoms with Gasteiger partial charge in [-0.25, -0.2) is 4.72 Å². The van der Waals surface area contributed by atoms with Gasteiger partial charge in [0.25, 0.3) is 10.2 Å². The maximum atomic E-state index is 11.9. The summed E-state index contributed by atoms with van der Waals surface area (Å²) in [6.45, 7) is 6.01. The Kier molecular flexibility index (Phi) is 7.09. The Bertz CT molecular complexity index is 545. The van der Waals surface area contributed by atoms with Crippen LogP contribution in [0.3, 0.4) is 0 Å². The van der Waals surface area contributed by atoms with Gasteiger partial charge in [-0.15, -0.1) is 0 Å². The summed E-state index contributed by atoms with van der Waals surface area (Å²) in [5, 5.41) is 0.651. The zero-order valence-corrected chi connectivity index (χ0v) is 14.6. The van der Waals surface area contributed by atoms with Crippen molar-refractivity contribution in [3.05, 3.63) is 34.9 Å². The van der Waals surface area contributed by atoms with Crippen molar-refractivity contribution in [2.45, 2.75) is 19.9 Å². The SMILES string of the molecule is CCN(CC)C(CNS(=O)(=O)N(C)C)c1ccccc1Cl. The van der Waals surface area contributed by atoms with E-state index < -0.39 is 10.2 Å². The third-order valence-corrected chi connectivity index (χ3v) is 5.29. The molecule has 120 valence electrons. The number of halogens is 1. The minimum atomic E-state index is -3.45. The predicted molar refractivity (Wildman–Crippen MR) is 87.7 cm³/mol. The lowest BCUT2D eigenvalue weighted by Gasteiger charge is -2.31. The van der Waals surface area contributed by atoms with Crippen molar-refractivity contribution in [1.82, 2.24) is 13.9 Å². The van der Waals surface area contributed by atoms with Gasteiger partial charge in [0.05, 0.1) is 0 Å². The molecular weight excluding hydrogens is 310 g/mol. The summed E-state index contributed by atoms with van der Waals surface area (Å²) < 4.78 is 27.6. The van der Waals surface area contributed by atoms with E-state index in [0.717, 1.165) is 18.7 Å². The van der Waals surface area contributed by atoms with E-state index in [9.17, 15) is 8.42 Å². The van der Waals surface area contributed by atoms with E-state index in [-0.39, 0.29) is 12.6 Å². The lowest BCUT2D eigenvalue weighted by Crippen LogP contribution is -2.42. The lowest BCUT2D eigenvalue weighted by molar-refractivity contribution is 0.219. The first-order valence-corrected chi connectivity index (χ1v) is 8.80. The molecule has 1 atom stereocenters. The Balaban J connectivity index is 3.02. The molecule has 0 amide bonds. The first-order chi connectivity index (χ1) is 9.83. The summed E-state index contributed by atoms with van der Waals surface area (Å²) in [6, 6.07) is 7.46. The molecule has 0 saturated carbocycles. The molecule has 0 heterocycles. The average Bonchev–Trinajstić information content (AvgIpc) is 2.44. The van der Waals surface area contributed by atoms with Crippen LogP contribution >= 0.6 is 11.6 Å². The fraction of sp³-hybridized carbons (Fsp3) is 0.571. The number of nitrogens with zero attached hydrogens (tertiary/aromatic N) is 2. The molecule has 1 aromatic rings. The van der Waals surface area contributed by atoms with Crippen LogP contribution in [0.2, 0.25) is 5.02 Å². The number of hydrogen-bond donors (Lipinski definition) is 1. The van der Waals surface area contributed by atoms with Gasteiger partial charge in [0.1, 0.15) is 0 Å². The molecule has 5 nitrogen and oxygen atoms in total. The molecule has 0 aromatic heterocycles. The van der Waals surface area contributed by atoms with Crippen LogP contribution in [0.1, 0.15) is 25.5 Å². The van der Waals surface area contributed by atoms with Gasteiger partial charge in [0.2, 0.25) is 0 Å². The fourth-order valence-corrected chi connectivity index (χ4v) is 3.05. The minimum absolute atomic E-state index is 0.0941. The molecule has 0 radical (unpaired) electrons. The van der Waals surface area contributed by atoms with Gasteiger partial charge in [0.15, 0.2) is 0 Å². The van der Waals surface area contributed by atoms with Gasteiger partial charge in [-0.3, -0.25) is 4.90 Å². The van der Waals surface area contributed by atoms with Crippen molar-refractivity contribution in [3.8, 4) is 0 Å². The van der Waals surface area contributed by atoms with Crippen LogP contribution in [0.25, 0.3) is 0 Å². The van der Waals surface area contributed by atoms with Crippen LogP contribution in [0.4, 0.5) is 0 Å². The molecule has 1 aromatic carbocycles. The highest BCUT2D eigenvalue weighted by molar-refractivity contribution is 7.87. The number of rotatable bonds is 8. The van der Waals surface area contributed by atoms with E-state index >= 15 is 0 Å². The predicted octanol–water partition coefficient (Wildman–Crippen LogP) is 2.12. The van der Waals surface area contributed by atoms with Gasteiger partial charge in [-0.2, -0.15) is 12.7 Å². The normalized spacial score (nSPS) is 13.9. The molecule has 0 aliphatic heterocycles. The first kappa shape index (κ1) is 18.4. The van der Waals surface area contributed by atoms with Gasteiger partial charge in [-0.1, -0.05) is 43.6 Å². The summed E-state index contributed by atoms with van der Waals surface area (Å²) in [5.74, 6) is 0. The van der Waals surface area contributed by atoms with E-state index in [1.54, 1.807) is 0 Å². The third kappa shape index (κ3) is 4.93. The highest BCUT2D eigenvalue weighted by Gasteiger charge is 2.23. The number of nitrogens with one attached hydrogen (secondary N) is 1. The van der Waals surface area contributed by atoms with Crippen LogP contribution in [0.15, 0.2) is 24.3 Å². The molecule has 0 aliphatic rings. The van der Waals surface area contributed by atoms with Crippen LogP contribution in [0, 0.1) is 0 Å². The minimum Gasteiger partial charge on any atom is -0.296 e. The molecule has 1 unspecified atom stereocenters. The van der Waals surface area contributed by atoms with Crippen molar-refractivity contribution in [2.75, 3.05) is 33.7 Å². The summed E-state index contributed by atoms with van der Waals surface area (Å²) in [6.07, 6.45) is 0. The summed E-state index contributed by atoms with van der Waals surface area (Å²) >= 11 is 6.28. The van der Waals surface area contributed by atoms with Gasteiger partial charge < -0.3 is 0 Å². The van der Waals surface area contributed by atoms with Crippen LogP contribution < -0.4 is 4.72 Å². The molecule has 0 saturated heterocycles. The van der Waals surface area contributed by atoms with Crippen LogP contribution in [-0.2, 0) is 10.2 Å². The molecule has 1 rings (SSSR count). The lowest BCUT2D eigenvalue weighted by atomic mass is 10.1. The second-order valence-corrected chi connectivity index (χ2v) is 7.27. The van der Waals surface area contributed by atoms with Gasteiger partial charge in [-0.05, 0) is 24.7 Å². The Morgan fingerprint density at radius 1 is 1.19 bits per heavy atom. The molecule has 0 aliphatic carbocycles. The zero-order chi connectivity index (χ0) is 16.0. The highest BCUT2D eigenvalue weighted by atomic mass is 35.5. The van der Waals surface area contributed by atoms with E-state index in [1.807, 2.05) is 38.1 Å². The van der Waals surface area contributed by atoms with Gasteiger partial charge in [0, 0.05) is 31.7 Å². The Labute approximate surface area is 133 Å². The number of hydrogen-bond acceptors (Lipinski definition) is 3. The van der Waals surface area contributed by atoms with Crippen molar-refractivity contribution < 1.29 is 8.42 Å². The third-order valence-electron chi connectivity index (χ3n) is 3.46. The van der Waals surface area contributed by atoms with Crippen molar-refractivity contribution >= 4 is 21.8 Å². The van der Waals surface area contributed by atoms with Crippen LogP contribution in [-0.4, -0.2) is 51.4 Å². The molecule has 0 fully saturated rings.